The Morgan fingerprint density at radius 3 is 1.44 bits per heavy atom. The van der Waals surface area contributed by atoms with Gasteiger partial charge in [0.15, 0.2) is 0 Å². The Bertz CT molecular complexity index is 219. The van der Waals surface area contributed by atoms with E-state index in [0.717, 1.165) is 44.2 Å². The van der Waals surface area contributed by atoms with Gasteiger partial charge in [0.05, 0.1) is 5.71 Å². The zero-order valence-electron chi connectivity index (χ0n) is 10.8. The Morgan fingerprint density at radius 2 is 1.22 bits per heavy atom. The SMILES string of the molecule is Cl.NO.O=C1CCCCC1.ON=C1CCCCC1. The summed E-state index contributed by atoms with van der Waals surface area (Å²) >= 11 is 0. The largest absolute Gasteiger partial charge is 0.411 e. The number of carbonyl (C=O) groups is 1. The number of hydrogen-bond acceptors (Lipinski definition) is 5. The van der Waals surface area contributed by atoms with E-state index in [-0.39, 0.29) is 12.4 Å². The van der Waals surface area contributed by atoms with E-state index in [2.05, 4.69) is 11.1 Å². The van der Waals surface area contributed by atoms with Crippen molar-refractivity contribution >= 4 is 23.9 Å². The van der Waals surface area contributed by atoms with Gasteiger partial charge in [-0.1, -0.05) is 18.0 Å². The van der Waals surface area contributed by atoms with E-state index >= 15 is 0 Å². The van der Waals surface area contributed by atoms with Gasteiger partial charge in [-0.25, -0.2) is 5.90 Å². The van der Waals surface area contributed by atoms with Crippen LogP contribution in [0.15, 0.2) is 5.16 Å². The number of hydrogen-bond donors (Lipinski definition) is 3. The molecule has 6 heteroatoms. The van der Waals surface area contributed by atoms with E-state index in [9.17, 15) is 4.79 Å². The molecule has 18 heavy (non-hydrogen) atoms. The van der Waals surface area contributed by atoms with E-state index in [1.165, 1.54) is 25.7 Å². The van der Waals surface area contributed by atoms with Gasteiger partial charge < -0.3 is 10.4 Å². The first-order valence-electron chi connectivity index (χ1n) is 6.30. The highest BCUT2D eigenvalue weighted by Crippen LogP contribution is 2.14. The van der Waals surface area contributed by atoms with Crippen molar-refractivity contribution in [2.45, 2.75) is 64.2 Å². The molecule has 2 rings (SSSR count). The number of ketones is 1. The molecule has 5 nitrogen and oxygen atoms in total. The maximum Gasteiger partial charge on any atom is 0.132 e. The lowest BCUT2D eigenvalue weighted by atomic mass is 9.99. The standard InChI is InChI=1S/C6H11NO.C6H10O.ClH.H3NO/c8-7-6-4-2-1-3-5-6;7-6-4-2-1-3-5-6;;1-2/h8H,1-5H2;1-5H2;1H;2H,1H2. The van der Waals surface area contributed by atoms with E-state index in [1.807, 2.05) is 0 Å². The molecule has 108 valence electrons. The lowest BCUT2D eigenvalue weighted by Gasteiger charge is -2.08. The summed E-state index contributed by atoms with van der Waals surface area (Å²) in [5.41, 5.74) is 0.983. The molecular formula is C12H25ClN2O3. The zero-order chi connectivity index (χ0) is 12.9. The minimum absolute atomic E-state index is 0. The van der Waals surface area contributed by atoms with Gasteiger partial charge in [0.25, 0.3) is 0 Å². The Hall–Kier alpha value is -0.650. The van der Waals surface area contributed by atoms with Gasteiger partial charge in [-0.05, 0) is 38.5 Å². The van der Waals surface area contributed by atoms with Gasteiger partial charge in [-0.3, -0.25) is 4.79 Å². The van der Waals surface area contributed by atoms with Gasteiger partial charge in [0, 0.05) is 12.8 Å². The minimum atomic E-state index is 0. The van der Waals surface area contributed by atoms with Crippen molar-refractivity contribution < 1.29 is 15.2 Å². The Morgan fingerprint density at radius 1 is 0.833 bits per heavy atom. The zero-order valence-corrected chi connectivity index (χ0v) is 11.6. The normalized spacial score (nSPS) is 18.3. The van der Waals surface area contributed by atoms with Crippen molar-refractivity contribution in [2.24, 2.45) is 11.1 Å². The van der Waals surface area contributed by atoms with Crippen molar-refractivity contribution in [1.82, 2.24) is 0 Å². The van der Waals surface area contributed by atoms with Crippen molar-refractivity contribution in [1.29, 1.82) is 0 Å². The molecule has 0 unspecified atom stereocenters. The average molecular weight is 281 g/mol. The third kappa shape index (κ3) is 10.5. The fourth-order valence-electron chi connectivity index (χ4n) is 2.01. The minimum Gasteiger partial charge on any atom is -0.411 e. The van der Waals surface area contributed by atoms with Crippen LogP contribution in [0.4, 0.5) is 0 Å². The molecule has 0 radical (unpaired) electrons. The third-order valence-electron chi connectivity index (χ3n) is 2.98. The molecule has 0 aromatic rings. The van der Waals surface area contributed by atoms with Crippen LogP contribution >= 0.6 is 12.4 Å². The van der Waals surface area contributed by atoms with Crippen molar-refractivity contribution in [3.8, 4) is 0 Å². The smallest absolute Gasteiger partial charge is 0.132 e. The first kappa shape index (κ1) is 19.7. The topological polar surface area (TPSA) is 95.9 Å². The number of rotatable bonds is 0. The van der Waals surface area contributed by atoms with Crippen LogP contribution in [0.25, 0.3) is 0 Å². The van der Waals surface area contributed by atoms with Crippen LogP contribution in [-0.4, -0.2) is 21.9 Å². The molecule has 0 heterocycles. The molecule has 0 amide bonds. The van der Waals surface area contributed by atoms with Gasteiger partial charge in [0.2, 0.25) is 0 Å². The van der Waals surface area contributed by atoms with Crippen LogP contribution in [-0.2, 0) is 4.79 Å². The summed E-state index contributed by atoms with van der Waals surface area (Å²) in [6.45, 7) is 0. The second-order valence-electron chi connectivity index (χ2n) is 4.33. The molecule has 0 aliphatic heterocycles. The third-order valence-corrected chi connectivity index (χ3v) is 2.98. The maximum absolute atomic E-state index is 10.5. The molecule has 2 aliphatic carbocycles. The molecular weight excluding hydrogens is 256 g/mol. The monoisotopic (exact) mass is 280 g/mol. The maximum atomic E-state index is 10.5. The molecule has 0 spiro atoms. The number of halogens is 1. The molecule has 0 atom stereocenters. The molecule has 0 bridgehead atoms. The number of carbonyl (C=O) groups excluding carboxylic acids is 1. The van der Waals surface area contributed by atoms with E-state index < -0.39 is 0 Å². The highest BCUT2D eigenvalue weighted by Gasteiger charge is 2.06. The first-order chi connectivity index (χ1) is 8.33. The van der Waals surface area contributed by atoms with Crippen molar-refractivity contribution in [3.63, 3.8) is 0 Å². The molecule has 0 saturated heterocycles. The summed E-state index contributed by atoms with van der Waals surface area (Å²) in [6, 6.07) is 0. The number of nitrogens with zero attached hydrogens (tertiary/aromatic N) is 1. The van der Waals surface area contributed by atoms with Crippen LogP contribution in [0.2, 0.25) is 0 Å². The first-order valence-corrected chi connectivity index (χ1v) is 6.30. The molecule has 0 aromatic carbocycles. The fraction of sp³-hybridized carbons (Fsp3) is 0.833. The molecule has 4 N–H and O–H groups in total. The van der Waals surface area contributed by atoms with Gasteiger partial charge in [-0.2, -0.15) is 0 Å². The predicted octanol–water partition coefficient (Wildman–Crippen LogP) is 3.06. The lowest BCUT2D eigenvalue weighted by Crippen LogP contribution is -2.03. The molecule has 2 saturated carbocycles. The summed E-state index contributed by atoms with van der Waals surface area (Å²) in [4.78, 5) is 10.5. The highest BCUT2D eigenvalue weighted by atomic mass is 35.5. The Kier molecular flexibility index (Phi) is 15.8. The lowest BCUT2D eigenvalue weighted by molar-refractivity contribution is -0.120. The second-order valence-corrected chi connectivity index (χ2v) is 4.33. The van der Waals surface area contributed by atoms with Crippen LogP contribution < -0.4 is 5.90 Å². The molecule has 2 fully saturated rings. The Labute approximate surface area is 115 Å². The quantitative estimate of drug-likeness (QED) is 0.469. The number of oxime groups is 1. The van der Waals surface area contributed by atoms with E-state index in [0.29, 0.717) is 5.78 Å². The van der Waals surface area contributed by atoms with Crippen LogP contribution in [0.3, 0.4) is 0 Å². The predicted molar refractivity (Wildman–Crippen MR) is 73.6 cm³/mol. The second kappa shape index (κ2) is 14.4. The van der Waals surface area contributed by atoms with Crippen molar-refractivity contribution in [3.05, 3.63) is 0 Å². The van der Waals surface area contributed by atoms with E-state index in [4.69, 9.17) is 10.4 Å². The number of nitrogens with two attached hydrogens (primary N) is 1. The number of Topliss-reactive ketones (excluding diaryl/α,β-unsaturated/α-hetero) is 1. The highest BCUT2D eigenvalue weighted by molar-refractivity contribution is 5.85. The summed E-state index contributed by atoms with van der Waals surface area (Å²) in [7, 11) is 0. The van der Waals surface area contributed by atoms with Gasteiger partial charge in [0.1, 0.15) is 5.78 Å². The summed E-state index contributed by atoms with van der Waals surface area (Å²) < 4.78 is 0. The van der Waals surface area contributed by atoms with Crippen LogP contribution in [0.1, 0.15) is 64.2 Å². The van der Waals surface area contributed by atoms with Crippen molar-refractivity contribution in [2.75, 3.05) is 0 Å². The van der Waals surface area contributed by atoms with Crippen LogP contribution in [0, 0.1) is 0 Å². The molecule has 0 aromatic heterocycles. The van der Waals surface area contributed by atoms with Gasteiger partial charge >= 0.3 is 0 Å². The Balaban J connectivity index is 0. The summed E-state index contributed by atoms with van der Waals surface area (Å²) in [5, 5.41) is 17.9. The summed E-state index contributed by atoms with van der Waals surface area (Å²) in [5.74, 6) is 3.96. The average Bonchev–Trinajstić information content (AvgIpc) is 2.43. The van der Waals surface area contributed by atoms with E-state index in [1.54, 1.807) is 0 Å². The molecule has 2 aliphatic rings. The summed E-state index contributed by atoms with van der Waals surface area (Å²) in [6.07, 6.45) is 11.0. The fourth-order valence-corrected chi connectivity index (χ4v) is 2.01. The van der Waals surface area contributed by atoms with Gasteiger partial charge in [-0.15, -0.1) is 12.4 Å². The van der Waals surface area contributed by atoms with Crippen LogP contribution in [0.5, 0.6) is 0 Å².